The van der Waals surface area contributed by atoms with Gasteiger partial charge in [0.1, 0.15) is 12.4 Å². The minimum atomic E-state index is -0.222. The van der Waals surface area contributed by atoms with E-state index in [-0.39, 0.29) is 18.1 Å². The molecule has 1 amide bonds. The molecule has 3 heterocycles. The van der Waals surface area contributed by atoms with E-state index in [4.69, 9.17) is 0 Å². The molecule has 0 radical (unpaired) electrons. The van der Waals surface area contributed by atoms with Crippen LogP contribution in [0.2, 0.25) is 0 Å². The molecule has 2 aromatic rings. The molecule has 1 aromatic carbocycles. The Morgan fingerprint density at radius 1 is 1.07 bits per heavy atom. The van der Waals surface area contributed by atoms with Gasteiger partial charge in [-0.2, -0.15) is 5.10 Å². The van der Waals surface area contributed by atoms with E-state index in [9.17, 15) is 9.59 Å². The summed E-state index contributed by atoms with van der Waals surface area (Å²) >= 11 is 0. The van der Waals surface area contributed by atoms with E-state index >= 15 is 0 Å². The van der Waals surface area contributed by atoms with Crippen LogP contribution >= 0.6 is 0 Å². The fraction of sp³-hybridized carbons (Fsp3) is 0.571. The lowest BCUT2D eigenvalue weighted by Gasteiger charge is -2.36. The first kappa shape index (κ1) is 19.7. The Bertz CT molecular complexity index is 910. The largest absolute Gasteiger partial charge is 0.367 e. The highest BCUT2D eigenvalue weighted by molar-refractivity contribution is 5.94. The first-order valence-corrected chi connectivity index (χ1v) is 10.7. The average Bonchev–Trinajstić information content (AvgIpc) is 2.90. The summed E-state index contributed by atoms with van der Waals surface area (Å²) in [6.07, 6.45) is 3.95. The number of carbonyl (C=O) groups is 1. The zero-order valence-corrected chi connectivity index (χ0v) is 17.1. The molecule has 0 bridgehead atoms. The van der Waals surface area contributed by atoms with E-state index in [1.807, 2.05) is 24.3 Å². The van der Waals surface area contributed by atoms with Gasteiger partial charge in [-0.05, 0) is 31.5 Å². The first-order valence-electron chi connectivity index (χ1n) is 10.7. The van der Waals surface area contributed by atoms with E-state index in [1.54, 1.807) is 4.57 Å². The van der Waals surface area contributed by atoms with Crippen molar-refractivity contribution >= 4 is 17.3 Å². The lowest BCUT2D eigenvalue weighted by Crippen LogP contribution is -2.46. The zero-order valence-electron chi connectivity index (χ0n) is 17.1. The van der Waals surface area contributed by atoms with E-state index in [0.717, 1.165) is 75.6 Å². The summed E-state index contributed by atoms with van der Waals surface area (Å²) in [4.78, 5) is 30.0. The standard InChI is InChI=1S/C21H30N6O2/c1-2-24-12-14-25(15-13-24)18-9-6-5-8-17(18)22-20(28)16-27-21(29)26-11-7-3-4-10-19(26)23-27/h5-6,8-9H,2-4,7,10-16H2,1H3,(H,22,28). The monoisotopic (exact) mass is 398 g/mol. The van der Waals surface area contributed by atoms with Crippen LogP contribution in [0, 0.1) is 0 Å². The molecule has 8 nitrogen and oxygen atoms in total. The number of hydrogen-bond donors (Lipinski definition) is 1. The summed E-state index contributed by atoms with van der Waals surface area (Å²) in [5.74, 6) is 0.578. The number of amides is 1. The molecule has 156 valence electrons. The zero-order chi connectivity index (χ0) is 20.2. The quantitative estimate of drug-likeness (QED) is 0.827. The molecule has 0 atom stereocenters. The summed E-state index contributed by atoms with van der Waals surface area (Å²) in [7, 11) is 0. The van der Waals surface area contributed by atoms with Crippen LogP contribution in [0.5, 0.6) is 0 Å². The van der Waals surface area contributed by atoms with Gasteiger partial charge < -0.3 is 15.1 Å². The Hall–Kier alpha value is -2.61. The molecule has 0 aliphatic carbocycles. The van der Waals surface area contributed by atoms with Gasteiger partial charge in [-0.1, -0.05) is 25.5 Å². The molecule has 8 heteroatoms. The predicted molar refractivity (Wildman–Crippen MR) is 113 cm³/mol. The van der Waals surface area contributed by atoms with Gasteiger partial charge in [0, 0.05) is 39.1 Å². The van der Waals surface area contributed by atoms with E-state index in [0.29, 0.717) is 6.54 Å². The maximum Gasteiger partial charge on any atom is 0.346 e. The number of likely N-dealkylation sites (N-methyl/N-ethyl adjacent to an activating group) is 1. The Kier molecular flexibility index (Phi) is 5.99. The number of fused-ring (bicyclic) bond motifs is 1. The molecule has 2 aliphatic rings. The number of carbonyl (C=O) groups excluding carboxylic acids is 1. The fourth-order valence-electron chi connectivity index (χ4n) is 4.21. The van der Waals surface area contributed by atoms with Gasteiger partial charge in [0.2, 0.25) is 5.91 Å². The number of benzene rings is 1. The van der Waals surface area contributed by atoms with E-state index in [2.05, 4.69) is 27.1 Å². The molecule has 4 rings (SSSR count). The van der Waals surface area contributed by atoms with Gasteiger partial charge in [-0.15, -0.1) is 0 Å². The van der Waals surface area contributed by atoms with Gasteiger partial charge in [0.25, 0.3) is 0 Å². The third-order valence-corrected chi connectivity index (χ3v) is 5.91. The maximum absolute atomic E-state index is 12.7. The van der Waals surface area contributed by atoms with Crippen molar-refractivity contribution in [2.24, 2.45) is 0 Å². The second-order valence-electron chi connectivity index (χ2n) is 7.81. The number of aryl methyl sites for hydroxylation is 1. The number of anilines is 2. The Balaban J connectivity index is 1.45. The minimum absolute atomic E-state index is 0.0587. The van der Waals surface area contributed by atoms with E-state index in [1.165, 1.54) is 4.68 Å². The number of aromatic nitrogens is 3. The van der Waals surface area contributed by atoms with Crippen LogP contribution in [0.3, 0.4) is 0 Å². The van der Waals surface area contributed by atoms with Gasteiger partial charge in [0.15, 0.2) is 0 Å². The summed E-state index contributed by atoms with van der Waals surface area (Å²) in [6.45, 7) is 7.81. The fourth-order valence-corrected chi connectivity index (χ4v) is 4.21. The molecule has 0 spiro atoms. The average molecular weight is 399 g/mol. The number of piperazine rings is 1. The third-order valence-electron chi connectivity index (χ3n) is 5.91. The second kappa shape index (κ2) is 8.82. The number of hydrogen-bond acceptors (Lipinski definition) is 5. The molecular formula is C21H30N6O2. The highest BCUT2D eigenvalue weighted by atomic mass is 16.2. The molecular weight excluding hydrogens is 368 g/mol. The van der Waals surface area contributed by atoms with Crippen LogP contribution < -0.4 is 15.9 Å². The second-order valence-corrected chi connectivity index (χ2v) is 7.81. The summed E-state index contributed by atoms with van der Waals surface area (Å²) in [5.41, 5.74) is 1.64. The summed E-state index contributed by atoms with van der Waals surface area (Å²) in [6, 6.07) is 7.88. The highest BCUT2D eigenvalue weighted by Gasteiger charge is 2.20. The van der Waals surface area contributed by atoms with Crippen LogP contribution in [-0.4, -0.2) is 57.9 Å². The molecule has 1 aromatic heterocycles. The van der Waals surface area contributed by atoms with Gasteiger partial charge in [0.05, 0.1) is 11.4 Å². The lowest BCUT2D eigenvalue weighted by molar-refractivity contribution is -0.117. The van der Waals surface area contributed by atoms with Crippen LogP contribution in [0.4, 0.5) is 11.4 Å². The normalized spacial score (nSPS) is 17.6. The third kappa shape index (κ3) is 4.37. The predicted octanol–water partition coefficient (Wildman–Crippen LogP) is 1.55. The molecule has 0 saturated carbocycles. The lowest BCUT2D eigenvalue weighted by atomic mass is 10.2. The number of rotatable bonds is 5. The van der Waals surface area contributed by atoms with Crippen molar-refractivity contribution in [2.75, 3.05) is 42.9 Å². The Labute approximate surface area is 171 Å². The van der Waals surface area contributed by atoms with Gasteiger partial charge in [-0.3, -0.25) is 9.36 Å². The molecule has 0 unspecified atom stereocenters. The van der Waals surface area contributed by atoms with Crippen molar-refractivity contribution in [3.05, 3.63) is 40.6 Å². The van der Waals surface area contributed by atoms with E-state index < -0.39 is 0 Å². The summed E-state index contributed by atoms with van der Waals surface area (Å²) in [5, 5.41) is 7.41. The number of nitrogens with one attached hydrogen (secondary N) is 1. The number of nitrogens with zero attached hydrogens (tertiary/aromatic N) is 5. The van der Waals surface area contributed by atoms with Crippen LogP contribution in [0.15, 0.2) is 29.1 Å². The van der Waals surface area contributed by atoms with Crippen molar-refractivity contribution in [2.45, 2.75) is 45.7 Å². The molecule has 1 fully saturated rings. The Morgan fingerprint density at radius 3 is 2.66 bits per heavy atom. The van der Waals surface area contributed by atoms with Crippen LogP contribution in [-0.2, 0) is 24.3 Å². The molecule has 1 N–H and O–H groups in total. The molecule has 2 aliphatic heterocycles. The van der Waals surface area contributed by atoms with Gasteiger partial charge in [-0.25, -0.2) is 9.48 Å². The van der Waals surface area contributed by atoms with Crippen molar-refractivity contribution in [3.63, 3.8) is 0 Å². The first-order chi connectivity index (χ1) is 14.2. The SMILES string of the molecule is CCN1CCN(c2ccccc2NC(=O)Cn2nc3n(c2=O)CCCCC3)CC1. The smallest absolute Gasteiger partial charge is 0.346 e. The maximum atomic E-state index is 12.7. The molecule has 1 saturated heterocycles. The summed E-state index contributed by atoms with van der Waals surface area (Å²) < 4.78 is 3.03. The highest BCUT2D eigenvalue weighted by Crippen LogP contribution is 2.26. The van der Waals surface area contributed by atoms with Gasteiger partial charge >= 0.3 is 5.69 Å². The Morgan fingerprint density at radius 2 is 1.86 bits per heavy atom. The topological polar surface area (TPSA) is 75.4 Å². The number of para-hydroxylation sites is 2. The van der Waals surface area contributed by atoms with Crippen molar-refractivity contribution in [3.8, 4) is 0 Å². The van der Waals surface area contributed by atoms with Crippen LogP contribution in [0.1, 0.15) is 32.0 Å². The minimum Gasteiger partial charge on any atom is -0.367 e. The van der Waals surface area contributed by atoms with Crippen molar-refractivity contribution in [1.29, 1.82) is 0 Å². The van der Waals surface area contributed by atoms with Crippen molar-refractivity contribution < 1.29 is 4.79 Å². The molecule has 29 heavy (non-hydrogen) atoms. The van der Waals surface area contributed by atoms with Crippen molar-refractivity contribution in [1.82, 2.24) is 19.2 Å². The van der Waals surface area contributed by atoms with Crippen LogP contribution in [0.25, 0.3) is 0 Å².